The summed E-state index contributed by atoms with van der Waals surface area (Å²) in [6.07, 6.45) is 4.73. The van der Waals surface area contributed by atoms with Crippen LogP contribution in [0.25, 0.3) is 5.69 Å². The fourth-order valence-electron chi connectivity index (χ4n) is 2.59. The van der Waals surface area contributed by atoms with E-state index in [1.54, 1.807) is 54.2 Å². The molecule has 134 valence electrons. The third-order valence-corrected chi connectivity index (χ3v) is 3.76. The lowest BCUT2D eigenvalue weighted by molar-refractivity contribution is -0.384. The van der Waals surface area contributed by atoms with Crippen LogP contribution in [-0.4, -0.2) is 21.1 Å². The lowest BCUT2D eigenvalue weighted by Crippen LogP contribution is -2.05. The summed E-state index contributed by atoms with van der Waals surface area (Å²) in [6, 6.07) is 9.59. The molecule has 0 aliphatic rings. The molecule has 0 fully saturated rings. The zero-order valence-electron chi connectivity index (χ0n) is 14.1. The minimum Gasteiger partial charge on any atom is -0.487 e. The molecule has 1 heterocycles. The molecule has 3 rings (SSSR count). The number of benzene rings is 2. The van der Waals surface area contributed by atoms with Crippen molar-refractivity contribution in [2.24, 2.45) is 0 Å². The van der Waals surface area contributed by atoms with Gasteiger partial charge in [-0.2, -0.15) is 0 Å². The topological polar surface area (TPSA) is 82.2 Å². The van der Waals surface area contributed by atoms with E-state index >= 15 is 0 Å². The number of hydrogen-bond donors (Lipinski definition) is 1. The fourth-order valence-corrected chi connectivity index (χ4v) is 2.59. The maximum atomic E-state index is 14.3. The first kappa shape index (κ1) is 17.4. The van der Waals surface area contributed by atoms with Crippen LogP contribution in [0.3, 0.4) is 0 Å². The van der Waals surface area contributed by atoms with Gasteiger partial charge in [-0.1, -0.05) is 12.1 Å². The lowest BCUT2D eigenvalue weighted by atomic mass is 10.1. The van der Waals surface area contributed by atoms with Crippen LogP contribution in [0, 0.1) is 15.9 Å². The van der Waals surface area contributed by atoms with Gasteiger partial charge in [-0.3, -0.25) is 10.1 Å². The molecule has 0 aliphatic heterocycles. The highest BCUT2D eigenvalue weighted by Gasteiger charge is 2.20. The summed E-state index contributed by atoms with van der Waals surface area (Å²) in [5.74, 6) is -0.205. The van der Waals surface area contributed by atoms with E-state index < -0.39 is 10.7 Å². The summed E-state index contributed by atoms with van der Waals surface area (Å²) in [5.41, 5.74) is 1.22. The van der Waals surface area contributed by atoms with Crippen molar-refractivity contribution in [1.82, 2.24) is 9.55 Å². The molecule has 0 amide bonds. The van der Waals surface area contributed by atoms with Gasteiger partial charge in [-0.15, -0.1) is 0 Å². The fraction of sp³-hybridized carbons (Fsp3) is 0.167. The van der Waals surface area contributed by atoms with E-state index in [1.165, 1.54) is 12.4 Å². The van der Waals surface area contributed by atoms with Crippen molar-refractivity contribution in [3.05, 3.63) is 76.6 Å². The molecule has 0 saturated heterocycles. The molecule has 1 aromatic heterocycles. The van der Waals surface area contributed by atoms with Gasteiger partial charge in [0.1, 0.15) is 11.5 Å². The van der Waals surface area contributed by atoms with Crippen molar-refractivity contribution >= 4 is 11.4 Å². The van der Waals surface area contributed by atoms with Crippen molar-refractivity contribution in [3.8, 4) is 11.4 Å². The highest BCUT2D eigenvalue weighted by Crippen LogP contribution is 2.35. The number of halogens is 1. The molecule has 0 unspecified atom stereocenters. The first-order valence-electron chi connectivity index (χ1n) is 8.01. The predicted octanol–water partition coefficient (Wildman–Crippen LogP) is 3.93. The van der Waals surface area contributed by atoms with Crippen LogP contribution >= 0.6 is 0 Å². The number of nitro groups is 1. The molecule has 0 bridgehead atoms. The van der Waals surface area contributed by atoms with Crippen LogP contribution in [0.2, 0.25) is 0 Å². The maximum Gasteiger partial charge on any atom is 0.333 e. The maximum absolute atomic E-state index is 14.3. The minimum atomic E-state index is -0.490. The minimum absolute atomic E-state index is 0.134. The van der Waals surface area contributed by atoms with E-state index in [0.29, 0.717) is 23.5 Å². The highest BCUT2D eigenvalue weighted by atomic mass is 19.1. The average molecular weight is 356 g/mol. The zero-order chi connectivity index (χ0) is 18.5. The van der Waals surface area contributed by atoms with Gasteiger partial charge in [0, 0.05) is 18.9 Å². The number of aromatic nitrogens is 2. The number of nitro benzene ring substituents is 1. The van der Waals surface area contributed by atoms with E-state index in [-0.39, 0.29) is 18.0 Å². The number of nitrogens with one attached hydrogen (secondary N) is 1. The summed E-state index contributed by atoms with van der Waals surface area (Å²) >= 11 is 0. The van der Waals surface area contributed by atoms with Crippen molar-refractivity contribution in [2.45, 2.75) is 13.5 Å². The quantitative estimate of drug-likeness (QED) is 0.512. The Morgan fingerprint density at radius 2 is 2.19 bits per heavy atom. The highest BCUT2D eigenvalue weighted by molar-refractivity contribution is 5.68. The number of para-hydroxylation sites is 1. The monoisotopic (exact) mass is 356 g/mol. The molecule has 0 aliphatic carbocycles. The van der Waals surface area contributed by atoms with Crippen molar-refractivity contribution in [1.29, 1.82) is 0 Å². The molecule has 3 aromatic rings. The van der Waals surface area contributed by atoms with Crippen LogP contribution in [0.4, 0.5) is 15.8 Å². The second kappa shape index (κ2) is 7.64. The van der Waals surface area contributed by atoms with Crippen molar-refractivity contribution in [2.75, 3.05) is 11.9 Å². The second-order valence-electron chi connectivity index (χ2n) is 5.45. The average Bonchev–Trinajstić information content (AvgIpc) is 3.14. The molecule has 0 atom stereocenters. The van der Waals surface area contributed by atoms with Crippen LogP contribution in [0.15, 0.2) is 55.1 Å². The van der Waals surface area contributed by atoms with Crippen LogP contribution in [-0.2, 0) is 6.54 Å². The van der Waals surface area contributed by atoms with Crippen molar-refractivity contribution in [3.63, 3.8) is 0 Å². The largest absolute Gasteiger partial charge is 0.487 e. The molecule has 0 radical (unpaired) electrons. The third kappa shape index (κ3) is 3.64. The van der Waals surface area contributed by atoms with Gasteiger partial charge in [-0.05, 0) is 36.8 Å². The Bertz CT molecular complexity index is 913. The van der Waals surface area contributed by atoms with Gasteiger partial charge < -0.3 is 14.6 Å². The predicted molar refractivity (Wildman–Crippen MR) is 95.1 cm³/mol. The van der Waals surface area contributed by atoms with Gasteiger partial charge in [-0.25, -0.2) is 9.37 Å². The van der Waals surface area contributed by atoms with Gasteiger partial charge in [0.05, 0.1) is 23.5 Å². The molecule has 26 heavy (non-hydrogen) atoms. The number of hydrogen-bond acceptors (Lipinski definition) is 5. The number of rotatable bonds is 7. The van der Waals surface area contributed by atoms with E-state index in [0.717, 1.165) is 0 Å². The first-order chi connectivity index (χ1) is 12.6. The summed E-state index contributed by atoms with van der Waals surface area (Å²) in [6.45, 7) is 2.32. The number of nitrogens with zero attached hydrogens (tertiary/aromatic N) is 3. The number of anilines is 1. The molecule has 0 saturated carbocycles. The molecule has 1 N–H and O–H groups in total. The third-order valence-electron chi connectivity index (χ3n) is 3.76. The Morgan fingerprint density at radius 3 is 2.85 bits per heavy atom. The Labute approximate surface area is 149 Å². The van der Waals surface area contributed by atoms with Crippen LogP contribution in [0.1, 0.15) is 12.5 Å². The normalized spacial score (nSPS) is 10.5. The van der Waals surface area contributed by atoms with E-state index in [2.05, 4.69) is 10.3 Å². The molecule has 0 spiro atoms. The van der Waals surface area contributed by atoms with Crippen LogP contribution in [0.5, 0.6) is 5.75 Å². The Morgan fingerprint density at radius 1 is 1.35 bits per heavy atom. The summed E-state index contributed by atoms with van der Waals surface area (Å²) in [5, 5.41) is 14.4. The standard InChI is InChI=1S/C18H17FN4O3/c1-2-26-17-5-3-4-15(18(17)23(24)25)21-11-13-6-7-16(14(19)10-13)22-9-8-20-12-22/h3-10,12,21H,2,11H2,1H3. The molecular weight excluding hydrogens is 339 g/mol. The number of imidazole rings is 1. The molecular formula is C18H17FN4O3. The molecule has 7 nitrogen and oxygen atoms in total. The Hall–Kier alpha value is -3.42. The second-order valence-corrected chi connectivity index (χ2v) is 5.45. The number of ether oxygens (including phenoxy) is 1. The van der Waals surface area contributed by atoms with Gasteiger partial charge in [0.25, 0.3) is 0 Å². The Balaban J connectivity index is 1.80. The smallest absolute Gasteiger partial charge is 0.333 e. The summed E-state index contributed by atoms with van der Waals surface area (Å²) in [4.78, 5) is 14.8. The van der Waals surface area contributed by atoms with Gasteiger partial charge in [0.2, 0.25) is 0 Å². The van der Waals surface area contributed by atoms with Crippen LogP contribution < -0.4 is 10.1 Å². The van der Waals surface area contributed by atoms with E-state index in [4.69, 9.17) is 4.74 Å². The molecule has 8 heteroatoms. The van der Waals surface area contributed by atoms with E-state index in [9.17, 15) is 14.5 Å². The lowest BCUT2D eigenvalue weighted by Gasteiger charge is -2.11. The summed E-state index contributed by atoms with van der Waals surface area (Å²) < 4.78 is 21.2. The van der Waals surface area contributed by atoms with Gasteiger partial charge in [0.15, 0.2) is 5.75 Å². The SMILES string of the molecule is CCOc1cccc(NCc2ccc(-n3ccnc3)c(F)c2)c1[N+](=O)[O-]. The van der Waals surface area contributed by atoms with E-state index in [1.807, 2.05) is 0 Å². The van der Waals surface area contributed by atoms with Gasteiger partial charge >= 0.3 is 5.69 Å². The Kier molecular flexibility index (Phi) is 5.12. The molecule has 2 aromatic carbocycles. The zero-order valence-corrected chi connectivity index (χ0v) is 14.1. The van der Waals surface area contributed by atoms with Crippen molar-refractivity contribution < 1.29 is 14.1 Å². The first-order valence-corrected chi connectivity index (χ1v) is 8.01. The summed E-state index contributed by atoms with van der Waals surface area (Å²) in [7, 11) is 0.